The van der Waals surface area contributed by atoms with Crippen molar-refractivity contribution in [3.63, 3.8) is 0 Å². The van der Waals surface area contributed by atoms with Crippen LogP contribution >= 0.6 is 11.8 Å². The van der Waals surface area contributed by atoms with Gasteiger partial charge in [0.2, 0.25) is 5.91 Å². The fourth-order valence-electron chi connectivity index (χ4n) is 2.39. The smallest absolute Gasteiger partial charge is 0.253 e. The van der Waals surface area contributed by atoms with Crippen LogP contribution in [0.25, 0.3) is 0 Å². The molecule has 132 valence electrons. The van der Waals surface area contributed by atoms with E-state index in [1.165, 1.54) is 0 Å². The summed E-state index contributed by atoms with van der Waals surface area (Å²) in [4.78, 5) is 27.2. The minimum Gasteiger partial charge on any atom is -0.339 e. The Morgan fingerprint density at radius 1 is 0.960 bits per heavy atom. The second-order valence-electron chi connectivity index (χ2n) is 5.51. The van der Waals surface area contributed by atoms with E-state index >= 15 is 0 Å². The van der Waals surface area contributed by atoms with Crippen molar-refractivity contribution in [1.82, 2.24) is 4.90 Å². The third kappa shape index (κ3) is 5.94. The topological polar surface area (TPSA) is 49.4 Å². The molecule has 0 unspecified atom stereocenters. The fraction of sp³-hybridized carbons (Fsp3) is 0.300. The summed E-state index contributed by atoms with van der Waals surface area (Å²) in [5, 5.41) is 2.87. The summed E-state index contributed by atoms with van der Waals surface area (Å²) in [7, 11) is 0. The van der Waals surface area contributed by atoms with Crippen molar-refractivity contribution in [3.05, 3.63) is 60.2 Å². The Hall–Kier alpha value is -2.27. The van der Waals surface area contributed by atoms with Crippen molar-refractivity contribution in [1.29, 1.82) is 0 Å². The third-order valence-corrected chi connectivity index (χ3v) is 4.82. The summed E-state index contributed by atoms with van der Waals surface area (Å²) >= 11 is 1.66. The average molecular weight is 356 g/mol. The molecule has 0 saturated heterocycles. The third-order valence-electron chi connectivity index (χ3n) is 3.81. The number of hydrogen-bond acceptors (Lipinski definition) is 3. The molecule has 0 spiro atoms. The first-order valence-electron chi connectivity index (χ1n) is 8.51. The van der Waals surface area contributed by atoms with Gasteiger partial charge in [0.05, 0.1) is 0 Å². The molecular formula is C20H24N2O2S. The highest BCUT2D eigenvalue weighted by molar-refractivity contribution is 7.99. The zero-order valence-electron chi connectivity index (χ0n) is 14.7. The number of carbonyl (C=O) groups excluding carboxylic acids is 2. The van der Waals surface area contributed by atoms with Crippen molar-refractivity contribution in [2.45, 2.75) is 25.2 Å². The van der Waals surface area contributed by atoms with Crippen LogP contribution in [0.5, 0.6) is 0 Å². The summed E-state index contributed by atoms with van der Waals surface area (Å²) in [5.41, 5.74) is 1.35. The average Bonchev–Trinajstić information content (AvgIpc) is 2.64. The van der Waals surface area contributed by atoms with E-state index in [-0.39, 0.29) is 11.8 Å². The fourth-order valence-corrected chi connectivity index (χ4v) is 3.26. The molecule has 4 nitrogen and oxygen atoms in total. The number of benzene rings is 2. The summed E-state index contributed by atoms with van der Waals surface area (Å²) < 4.78 is 0. The molecule has 2 rings (SSSR count). The van der Waals surface area contributed by atoms with Crippen molar-refractivity contribution in [2.24, 2.45) is 0 Å². The molecule has 0 fully saturated rings. The molecule has 0 aliphatic carbocycles. The summed E-state index contributed by atoms with van der Waals surface area (Å²) in [6, 6.07) is 17.1. The Bertz CT molecular complexity index is 683. The van der Waals surface area contributed by atoms with E-state index in [1.807, 2.05) is 44.2 Å². The maximum Gasteiger partial charge on any atom is 0.253 e. The first-order chi connectivity index (χ1) is 12.1. The van der Waals surface area contributed by atoms with Gasteiger partial charge in [-0.3, -0.25) is 9.59 Å². The van der Waals surface area contributed by atoms with E-state index in [0.717, 1.165) is 10.6 Å². The minimum absolute atomic E-state index is 0.0159. The molecule has 5 heteroatoms. The van der Waals surface area contributed by atoms with Crippen molar-refractivity contribution >= 4 is 29.3 Å². The lowest BCUT2D eigenvalue weighted by molar-refractivity contribution is -0.115. The largest absolute Gasteiger partial charge is 0.339 e. The number of nitrogens with zero attached hydrogens (tertiary/aromatic N) is 1. The Morgan fingerprint density at radius 3 is 2.20 bits per heavy atom. The van der Waals surface area contributed by atoms with Crippen LogP contribution in [0.2, 0.25) is 0 Å². The SMILES string of the molecule is CCN(CC)C(=O)c1ccc(NC(=O)CCSc2ccccc2)cc1. The number of amides is 2. The van der Waals surface area contributed by atoms with Gasteiger partial charge in [-0.1, -0.05) is 18.2 Å². The van der Waals surface area contributed by atoms with Crippen LogP contribution in [0.4, 0.5) is 5.69 Å². The molecule has 0 aliphatic rings. The number of anilines is 1. The molecule has 2 amide bonds. The van der Waals surface area contributed by atoms with Crippen LogP contribution in [0.1, 0.15) is 30.6 Å². The Labute approximate surface area is 153 Å². The molecule has 2 aromatic rings. The standard InChI is InChI=1S/C20H24N2O2S/c1-3-22(4-2)20(24)16-10-12-17(13-11-16)21-19(23)14-15-25-18-8-6-5-7-9-18/h5-13H,3-4,14-15H2,1-2H3,(H,21,23). The van der Waals surface area contributed by atoms with Crippen molar-refractivity contribution in [2.75, 3.05) is 24.2 Å². The van der Waals surface area contributed by atoms with E-state index < -0.39 is 0 Å². The Morgan fingerprint density at radius 2 is 1.60 bits per heavy atom. The predicted molar refractivity (Wildman–Crippen MR) is 104 cm³/mol. The monoisotopic (exact) mass is 356 g/mol. The summed E-state index contributed by atoms with van der Waals surface area (Å²) in [6.07, 6.45) is 0.444. The number of hydrogen-bond donors (Lipinski definition) is 1. The zero-order chi connectivity index (χ0) is 18.1. The number of carbonyl (C=O) groups is 2. The van der Waals surface area contributed by atoms with Gasteiger partial charge in [0.15, 0.2) is 0 Å². The number of thioether (sulfide) groups is 1. The van der Waals surface area contributed by atoms with Gasteiger partial charge in [0.25, 0.3) is 5.91 Å². The Balaban J connectivity index is 1.82. The van der Waals surface area contributed by atoms with Crippen LogP contribution in [0.15, 0.2) is 59.5 Å². The molecule has 0 bridgehead atoms. The van der Waals surface area contributed by atoms with E-state index in [1.54, 1.807) is 40.9 Å². The highest BCUT2D eigenvalue weighted by atomic mass is 32.2. The molecule has 2 aromatic carbocycles. The van der Waals surface area contributed by atoms with Gasteiger partial charge in [-0.05, 0) is 50.2 Å². The number of rotatable bonds is 8. The zero-order valence-corrected chi connectivity index (χ0v) is 15.5. The molecule has 0 heterocycles. The van der Waals surface area contributed by atoms with Crippen LogP contribution in [0.3, 0.4) is 0 Å². The molecule has 1 N–H and O–H groups in total. The van der Waals surface area contributed by atoms with Gasteiger partial charge in [0, 0.05) is 41.4 Å². The van der Waals surface area contributed by atoms with E-state index in [4.69, 9.17) is 0 Å². The lowest BCUT2D eigenvalue weighted by Crippen LogP contribution is -2.30. The van der Waals surface area contributed by atoms with Gasteiger partial charge in [-0.25, -0.2) is 0 Å². The van der Waals surface area contributed by atoms with Crippen LogP contribution < -0.4 is 5.32 Å². The van der Waals surface area contributed by atoms with Crippen LogP contribution in [-0.2, 0) is 4.79 Å². The number of nitrogens with one attached hydrogen (secondary N) is 1. The quantitative estimate of drug-likeness (QED) is 0.718. The van der Waals surface area contributed by atoms with Gasteiger partial charge in [-0.2, -0.15) is 0 Å². The first kappa shape index (κ1) is 19.1. The molecular weight excluding hydrogens is 332 g/mol. The van der Waals surface area contributed by atoms with Gasteiger partial charge in [0.1, 0.15) is 0 Å². The van der Waals surface area contributed by atoms with Crippen molar-refractivity contribution in [3.8, 4) is 0 Å². The highest BCUT2D eigenvalue weighted by Crippen LogP contribution is 2.18. The lowest BCUT2D eigenvalue weighted by Gasteiger charge is -2.18. The Kier molecular flexibility index (Phi) is 7.54. The molecule has 25 heavy (non-hydrogen) atoms. The molecule has 0 atom stereocenters. The summed E-state index contributed by atoms with van der Waals surface area (Å²) in [5.74, 6) is 0.724. The van der Waals surface area contributed by atoms with Crippen LogP contribution in [-0.4, -0.2) is 35.6 Å². The van der Waals surface area contributed by atoms with E-state index in [2.05, 4.69) is 5.32 Å². The van der Waals surface area contributed by atoms with Crippen molar-refractivity contribution < 1.29 is 9.59 Å². The van der Waals surface area contributed by atoms with E-state index in [0.29, 0.717) is 30.8 Å². The normalized spacial score (nSPS) is 10.3. The van der Waals surface area contributed by atoms with Gasteiger partial charge < -0.3 is 10.2 Å². The van der Waals surface area contributed by atoms with Gasteiger partial charge >= 0.3 is 0 Å². The molecule has 0 radical (unpaired) electrons. The second-order valence-corrected chi connectivity index (χ2v) is 6.68. The lowest BCUT2D eigenvalue weighted by atomic mass is 10.1. The van der Waals surface area contributed by atoms with Gasteiger partial charge in [-0.15, -0.1) is 11.8 Å². The molecule has 0 saturated carbocycles. The second kappa shape index (κ2) is 9.89. The molecule has 0 aliphatic heterocycles. The van der Waals surface area contributed by atoms with E-state index in [9.17, 15) is 9.59 Å². The van der Waals surface area contributed by atoms with Crippen LogP contribution in [0, 0.1) is 0 Å². The predicted octanol–water partition coefficient (Wildman–Crippen LogP) is 4.29. The maximum atomic E-state index is 12.3. The first-order valence-corrected chi connectivity index (χ1v) is 9.49. The molecule has 0 aromatic heterocycles. The highest BCUT2D eigenvalue weighted by Gasteiger charge is 2.12. The minimum atomic E-state index is -0.0220. The maximum absolute atomic E-state index is 12.3. The summed E-state index contributed by atoms with van der Waals surface area (Å²) in [6.45, 7) is 5.30.